The molecule has 1 aromatic heterocycles. The first kappa shape index (κ1) is 14.4. The zero-order chi connectivity index (χ0) is 13.5. The van der Waals surface area contributed by atoms with Crippen molar-refractivity contribution in [2.45, 2.75) is 13.8 Å². The van der Waals surface area contributed by atoms with Gasteiger partial charge in [-0.25, -0.2) is 4.98 Å². The predicted octanol–water partition coefficient (Wildman–Crippen LogP) is 1.18. The Bertz CT molecular complexity index is 394. The topological polar surface area (TPSA) is 62.7 Å². The summed E-state index contributed by atoms with van der Waals surface area (Å²) in [5.74, 6) is 0.516. The first-order valence-corrected chi connectivity index (χ1v) is 6.00. The molecule has 0 aliphatic rings. The molecule has 1 rings (SSSR count). The van der Waals surface area contributed by atoms with Crippen LogP contribution in [0.15, 0.2) is 18.3 Å². The van der Waals surface area contributed by atoms with Gasteiger partial charge in [0.25, 0.3) is 5.91 Å². The summed E-state index contributed by atoms with van der Waals surface area (Å²) in [4.78, 5) is 17.6. The minimum absolute atomic E-state index is 0.0648. The normalized spacial score (nSPS) is 10.5. The van der Waals surface area contributed by atoms with Crippen LogP contribution in [-0.2, 0) is 0 Å². The first-order chi connectivity index (χ1) is 8.56. The molecule has 0 bridgehead atoms. The van der Waals surface area contributed by atoms with E-state index >= 15 is 0 Å². The second kappa shape index (κ2) is 6.96. The number of aliphatic hydroxyl groups is 1. The quantitative estimate of drug-likeness (QED) is 0.825. The highest BCUT2D eigenvalue weighted by molar-refractivity contribution is 5.96. The Morgan fingerprint density at radius 1 is 1.56 bits per heavy atom. The van der Waals surface area contributed by atoms with Crippen LogP contribution in [-0.4, -0.2) is 47.7 Å². The minimum Gasteiger partial charge on any atom is -0.477 e. The molecular formula is C13H20N2O3. The number of pyridine rings is 1. The molecule has 0 saturated carbocycles. The van der Waals surface area contributed by atoms with Crippen LogP contribution in [0.4, 0.5) is 0 Å². The van der Waals surface area contributed by atoms with Crippen molar-refractivity contribution < 1.29 is 14.6 Å². The lowest BCUT2D eigenvalue weighted by Gasteiger charge is -2.17. The van der Waals surface area contributed by atoms with Crippen molar-refractivity contribution in [2.24, 2.45) is 5.92 Å². The van der Waals surface area contributed by atoms with Gasteiger partial charge in [0.05, 0.1) is 13.2 Å². The lowest BCUT2D eigenvalue weighted by Crippen LogP contribution is -2.30. The van der Waals surface area contributed by atoms with Gasteiger partial charge in [-0.3, -0.25) is 4.79 Å². The third-order valence-corrected chi connectivity index (χ3v) is 2.34. The zero-order valence-corrected chi connectivity index (χ0v) is 11.1. The van der Waals surface area contributed by atoms with Gasteiger partial charge in [-0.05, 0) is 18.1 Å². The van der Waals surface area contributed by atoms with Crippen molar-refractivity contribution in [1.29, 1.82) is 0 Å². The van der Waals surface area contributed by atoms with Crippen LogP contribution in [0.2, 0.25) is 0 Å². The minimum atomic E-state index is -0.198. The largest absolute Gasteiger partial charge is 0.477 e. The molecule has 1 heterocycles. The fourth-order valence-electron chi connectivity index (χ4n) is 1.37. The Morgan fingerprint density at radius 2 is 2.28 bits per heavy atom. The number of rotatable bonds is 6. The fourth-order valence-corrected chi connectivity index (χ4v) is 1.37. The lowest BCUT2D eigenvalue weighted by atomic mass is 10.2. The van der Waals surface area contributed by atoms with E-state index in [-0.39, 0.29) is 19.1 Å². The zero-order valence-electron chi connectivity index (χ0n) is 11.1. The Hall–Kier alpha value is -1.62. The van der Waals surface area contributed by atoms with Crippen LogP contribution in [0.1, 0.15) is 24.2 Å². The lowest BCUT2D eigenvalue weighted by molar-refractivity contribution is 0.0760. The van der Waals surface area contributed by atoms with Crippen molar-refractivity contribution in [2.75, 3.05) is 26.8 Å². The molecule has 100 valence electrons. The molecule has 1 amide bonds. The second-order valence-corrected chi connectivity index (χ2v) is 4.51. The molecule has 18 heavy (non-hydrogen) atoms. The molecule has 5 heteroatoms. The van der Waals surface area contributed by atoms with E-state index in [0.29, 0.717) is 24.0 Å². The molecule has 1 N–H and O–H groups in total. The molecule has 0 unspecified atom stereocenters. The van der Waals surface area contributed by atoms with Crippen LogP contribution in [0.25, 0.3) is 0 Å². The summed E-state index contributed by atoms with van der Waals surface area (Å²) in [5.41, 5.74) is 0.425. The molecule has 0 radical (unpaired) electrons. The third-order valence-electron chi connectivity index (χ3n) is 2.34. The molecule has 1 aromatic rings. The monoisotopic (exact) mass is 252 g/mol. The van der Waals surface area contributed by atoms with Gasteiger partial charge in [0, 0.05) is 19.8 Å². The molecule has 5 nitrogen and oxygen atoms in total. The molecule has 0 aliphatic heterocycles. The van der Waals surface area contributed by atoms with Crippen LogP contribution >= 0.6 is 0 Å². The number of carbonyl (C=O) groups excluding carboxylic acids is 1. The summed E-state index contributed by atoms with van der Waals surface area (Å²) in [6.45, 7) is 4.80. The van der Waals surface area contributed by atoms with Gasteiger partial charge in [-0.1, -0.05) is 13.8 Å². The van der Waals surface area contributed by atoms with Crippen LogP contribution in [0.3, 0.4) is 0 Å². The number of aromatic nitrogens is 1. The summed E-state index contributed by atoms with van der Waals surface area (Å²) in [5, 5.41) is 8.84. The molecule has 0 spiro atoms. The van der Waals surface area contributed by atoms with E-state index in [1.54, 1.807) is 25.4 Å². The predicted molar refractivity (Wildman–Crippen MR) is 68.6 cm³/mol. The van der Waals surface area contributed by atoms with Gasteiger partial charge in [0.1, 0.15) is 5.56 Å². The van der Waals surface area contributed by atoms with Crippen molar-refractivity contribution in [3.63, 3.8) is 0 Å². The van der Waals surface area contributed by atoms with Gasteiger partial charge >= 0.3 is 0 Å². The molecule has 0 fully saturated rings. The first-order valence-electron chi connectivity index (χ1n) is 6.00. The van der Waals surface area contributed by atoms with E-state index in [0.717, 1.165) is 0 Å². The van der Waals surface area contributed by atoms with E-state index in [1.165, 1.54) is 4.90 Å². The highest BCUT2D eigenvalue weighted by Gasteiger charge is 2.17. The average molecular weight is 252 g/mol. The highest BCUT2D eigenvalue weighted by Crippen LogP contribution is 2.16. The summed E-state index contributed by atoms with van der Waals surface area (Å²) < 4.78 is 5.53. The summed E-state index contributed by atoms with van der Waals surface area (Å²) >= 11 is 0. The number of nitrogens with zero attached hydrogens (tertiary/aromatic N) is 2. The molecule has 0 saturated heterocycles. The number of ether oxygens (including phenoxy) is 1. The van der Waals surface area contributed by atoms with Gasteiger partial charge in [-0.2, -0.15) is 0 Å². The maximum atomic E-state index is 12.1. The van der Waals surface area contributed by atoms with Gasteiger partial charge in [0.2, 0.25) is 5.88 Å². The van der Waals surface area contributed by atoms with E-state index < -0.39 is 0 Å². The van der Waals surface area contributed by atoms with E-state index in [1.807, 2.05) is 13.8 Å². The number of hydrogen-bond donors (Lipinski definition) is 1. The number of amides is 1. The maximum absolute atomic E-state index is 12.1. The van der Waals surface area contributed by atoms with Crippen molar-refractivity contribution in [3.8, 4) is 5.88 Å². The smallest absolute Gasteiger partial charge is 0.259 e. The Labute approximate surface area is 107 Å². The van der Waals surface area contributed by atoms with Crippen LogP contribution in [0.5, 0.6) is 5.88 Å². The number of likely N-dealkylation sites (N-methyl/N-ethyl adjacent to an activating group) is 1. The molecule has 0 aromatic carbocycles. The van der Waals surface area contributed by atoms with Crippen molar-refractivity contribution in [1.82, 2.24) is 9.88 Å². The summed E-state index contributed by atoms with van der Waals surface area (Å²) in [6, 6.07) is 3.38. The van der Waals surface area contributed by atoms with Gasteiger partial charge < -0.3 is 14.7 Å². The number of carbonyl (C=O) groups is 1. The second-order valence-electron chi connectivity index (χ2n) is 4.51. The standard InChI is InChI=1S/C13H20N2O3/c1-10(2)9-18-12-11(5-4-6-14-12)13(17)15(3)7-8-16/h4-6,10,16H,7-9H2,1-3H3. The molecule has 0 aliphatic carbocycles. The fraction of sp³-hybridized carbons (Fsp3) is 0.538. The van der Waals surface area contributed by atoms with E-state index in [9.17, 15) is 4.79 Å². The average Bonchev–Trinajstić information content (AvgIpc) is 2.36. The summed E-state index contributed by atoms with van der Waals surface area (Å²) in [7, 11) is 1.64. The van der Waals surface area contributed by atoms with Crippen molar-refractivity contribution >= 4 is 5.91 Å². The Balaban J connectivity index is 2.84. The number of hydrogen-bond acceptors (Lipinski definition) is 4. The Kier molecular flexibility index (Phi) is 5.58. The van der Waals surface area contributed by atoms with Crippen molar-refractivity contribution in [3.05, 3.63) is 23.9 Å². The molecular weight excluding hydrogens is 232 g/mol. The maximum Gasteiger partial charge on any atom is 0.259 e. The summed E-state index contributed by atoms with van der Waals surface area (Å²) in [6.07, 6.45) is 1.60. The van der Waals surface area contributed by atoms with E-state index in [4.69, 9.17) is 9.84 Å². The Morgan fingerprint density at radius 3 is 2.89 bits per heavy atom. The third kappa shape index (κ3) is 4.00. The SMILES string of the molecule is CC(C)COc1ncccc1C(=O)N(C)CCO. The highest BCUT2D eigenvalue weighted by atomic mass is 16.5. The molecule has 0 atom stereocenters. The van der Waals surface area contributed by atoms with Crippen LogP contribution in [0, 0.1) is 5.92 Å². The van der Waals surface area contributed by atoms with Gasteiger partial charge in [0.15, 0.2) is 0 Å². The van der Waals surface area contributed by atoms with E-state index in [2.05, 4.69) is 4.98 Å². The van der Waals surface area contributed by atoms with Gasteiger partial charge in [-0.15, -0.1) is 0 Å². The van der Waals surface area contributed by atoms with Crippen LogP contribution < -0.4 is 4.74 Å². The number of aliphatic hydroxyl groups excluding tert-OH is 1.